The molecule has 0 aliphatic carbocycles. The van der Waals surface area contributed by atoms with E-state index in [1.807, 2.05) is 97.1 Å². The summed E-state index contributed by atoms with van der Waals surface area (Å²) in [5, 5.41) is 4.92. The van der Waals surface area contributed by atoms with Gasteiger partial charge in [-0.15, -0.1) is 0 Å². The summed E-state index contributed by atoms with van der Waals surface area (Å²) in [5.74, 6) is 0. The molecule has 0 atom stereocenters. The van der Waals surface area contributed by atoms with Gasteiger partial charge in [-0.2, -0.15) is 0 Å². The number of benzene rings is 10. The molecule has 1 aromatic heterocycles. The fourth-order valence-electron chi connectivity index (χ4n) is 7.61. The maximum Gasteiger partial charge on any atom is 0.143 e. The Labute approximate surface area is 340 Å². The second kappa shape index (κ2) is 13.2. The highest BCUT2D eigenvalue weighted by atomic mass is 16.3. The number of furan rings is 1. The Balaban J connectivity index is 1.12. The van der Waals surface area contributed by atoms with Gasteiger partial charge in [0.1, 0.15) is 11.2 Å². The van der Waals surface area contributed by atoms with Crippen LogP contribution in [0.4, 0.5) is 17.1 Å². The third-order valence-electron chi connectivity index (χ3n) is 10.3. The van der Waals surface area contributed by atoms with E-state index >= 15 is 0 Å². The summed E-state index contributed by atoms with van der Waals surface area (Å²) in [7, 11) is 0. The van der Waals surface area contributed by atoms with Crippen LogP contribution in [0.2, 0.25) is 0 Å². The number of hydrogen-bond donors (Lipinski definition) is 0. The molecule has 0 amide bonds. The lowest BCUT2D eigenvalue weighted by molar-refractivity contribution is 0.672. The van der Waals surface area contributed by atoms with Gasteiger partial charge in [-0.3, -0.25) is 0 Å². The van der Waals surface area contributed by atoms with E-state index in [1.54, 1.807) is 11.0 Å². The number of hydrogen-bond acceptors (Lipinski definition) is 2. The second-order valence-corrected chi connectivity index (χ2v) is 13.7. The van der Waals surface area contributed by atoms with Crippen LogP contribution in [0.15, 0.2) is 216 Å². The summed E-state index contributed by atoms with van der Waals surface area (Å²) in [5.41, 5.74) is 5.15. The minimum absolute atomic E-state index is 0.126. The molecule has 262 valence electrons. The van der Waals surface area contributed by atoms with Crippen LogP contribution in [0.25, 0.3) is 87.6 Å². The van der Waals surface area contributed by atoms with Gasteiger partial charge < -0.3 is 9.32 Å². The molecule has 56 heavy (non-hydrogen) atoms. The molecule has 0 bridgehead atoms. The van der Waals surface area contributed by atoms with Crippen molar-refractivity contribution in [1.82, 2.24) is 0 Å². The van der Waals surface area contributed by atoms with Crippen LogP contribution in [0.1, 0.15) is 15.1 Å². The Morgan fingerprint density at radius 1 is 0.393 bits per heavy atom. The molecule has 2 nitrogen and oxygen atoms in total. The van der Waals surface area contributed by atoms with Gasteiger partial charge in [0, 0.05) is 22.1 Å². The molecule has 10 aromatic carbocycles. The van der Waals surface area contributed by atoms with E-state index < -0.39 is 77.6 Å². The highest BCUT2D eigenvalue weighted by Crippen LogP contribution is 2.45. The van der Waals surface area contributed by atoms with Gasteiger partial charge >= 0.3 is 0 Å². The van der Waals surface area contributed by atoms with Gasteiger partial charge in [-0.05, 0) is 121 Å². The third kappa shape index (κ3) is 5.51. The summed E-state index contributed by atoms with van der Waals surface area (Å²) in [4.78, 5) is 1.67. The standard InChI is InChI=1S/C54H35NO/c1-3-12-41-34-45(21-19-36(41)9-1)39-25-30-48(31-26-39)55(51-17-8-18-52-53(51)50-32-27-40-11-5-6-16-49(40)54(50)56-52)47-28-23-38(24-29-47)43-14-7-15-44(33-43)46-22-20-37-10-2-4-13-42(37)35-46/h1-35H/i1D,3D,9D,12D,19D,21D,25D,26D,30D,31D,34D. The van der Waals surface area contributed by atoms with Crippen molar-refractivity contribution < 1.29 is 19.5 Å². The van der Waals surface area contributed by atoms with Crippen LogP contribution in [0.5, 0.6) is 0 Å². The molecule has 1 heterocycles. The Kier molecular flexibility index (Phi) is 5.34. The van der Waals surface area contributed by atoms with Crippen LogP contribution in [-0.2, 0) is 0 Å². The van der Waals surface area contributed by atoms with Crippen molar-refractivity contribution in [3.05, 3.63) is 212 Å². The summed E-state index contributed by atoms with van der Waals surface area (Å²) in [6.45, 7) is 0. The molecule has 0 saturated heterocycles. The Hall–Kier alpha value is -7.42. The van der Waals surface area contributed by atoms with Crippen LogP contribution in [0.3, 0.4) is 0 Å². The topological polar surface area (TPSA) is 16.4 Å². The molecule has 0 unspecified atom stereocenters. The maximum absolute atomic E-state index is 9.68. The number of fused-ring (bicyclic) bond motifs is 7. The van der Waals surface area contributed by atoms with Crippen molar-refractivity contribution in [3.63, 3.8) is 0 Å². The Bertz CT molecular complexity index is 3870. The molecule has 0 N–H and O–H groups in total. The second-order valence-electron chi connectivity index (χ2n) is 13.7. The zero-order valence-corrected chi connectivity index (χ0v) is 29.7. The number of nitrogens with zero attached hydrogens (tertiary/aromatic N) is 1. The summed E-state index contributed by atoms with van der Waals surface area (Å²) in [6, 6.07) is 41.3. The fraction of sp³-hybridized carbons (Fsp3) is 0. The first-order chi connectivity index (χ1) is 32.3. The molecule has 11 rings (SSSR count). The Morgan fingerprint density at radius 3 is 1.93 bits per heavy atom. The lowest BCUT2D eigenvalue weighted by atomic mass is 9.97. The zero-order valence-electron chi connectivity index (χ0n) is 40.7. The van der Waals surface area contributed by atoms with Crippen molar-refractivity contribution in [3.8, 4) is 33.4 Å². The monoisotopic (exact) mass is 724 g/mol. The van der Waals surface area contributed by atoms with Crippen molar-refractivity contribution in [1.29, 1.82) is 0 Å². The molecule has 0 saturated carbocycles. The lowest BCUT2D eigenvalue weighted by Crippen LogP contribution is -2.10. The first-order valence-corrected chi connectivity index (χ1v) is 18.3. The molecule has 0 spiro atoms. The smallest absolute Gasteiger partial charge is 0.143 e. The van der Waals surface area contributed by atoms with Gasteiger partial charge in [-0.1, -0.05) is 151 Å². The van der Waals surface area contributed by atoms with Gasteiger partial charge in [-0.25, -0.2) is 0 Å². The highest BCUT2D eigenvalue weighted by molar-refractivity contribution is 6.19. The van der Waals surface area contributed by atoms with Gasteiger partial charge in [0.05, 0.1) is 26.2 Å². The summed E-state index contributed by atoms with van der Waals surface area (Å²) >= 11 is 0. The van der Waals surface area contributed by atoms with E-state index in [9.17, 15) is 6.85 Å². The maximum atomic E-state index is 9.68. The van der Waals surface area contributed by atoms with Crippen molar-refractivity contribution >= 4 is 71.3 Å². The summed E-state index contributed by atoms with van der Waals surface area (Å²) in [6.07, 6.45) is 0. The van der Waals surface area contributed by atoms with E-state index in [1.165, 1.54) is 0 Å². The van der Waals surface area contributed by atoms with Crippen LogP contribution in [0, 0.1) is 0 Å². The quantitative estimate of drug-likeness (QED) is 0.170. The van der Waals surface area contributed by atoms with E-state index in [0.717, 1.165) is 49.2 Å². The lowest BCUT2D eigenvalue weighted by Gasteiger charge is -2.26. The number of anilines is 3. The molecule has 2 heteroatoms. The van der Waals surface area contributed by atoms with E-state index in [0.29, 0.717) is 27.9 Å². The van der Waals surface area contributed by atoms with Gasteiger partial charge in [0.25, 0.3) is 0 Å². The molecule has 11 aromatic rings. The molecular weight excluding hydrogens is 679 g/mol. The average molecular weight is 725 g/mol. The largest absolute Gasteiger partial charge is 0.455 e. The minimum atomic E-state index is -0.657. The number of rotatable bonds is 6. The molecule has 0 radical (unpaired) electrons. The van der Waals surface area contributed by atoms with Crippen molar-refractivity contribution in [2.45, 2.75) is 0 Å². The van der Waals surface area contributed by atoms with Crippen LogP contribution in [-0.4, -0.2) is 0 Å². The van der Waals surface area contributed by atoms with Crippen molar-refractivity contribution in [2.75, 3.05) is 4.90 Å². The van der Waals surface area contributed by atoms with E-state index in [-0.39, 0.29) is 16.5 Å². The molecule has 0 fully saturated rings. The minimum Gasteiger partial charge on any atom is -0.455 e. The van der Waals surface area contributed by atoms with Crippen molar-refractivity contribution in [2.24, 2.45) is 0 Å². The van der Waals surface area contributed by atoms with Gasteiger partial charge in [0.2, 0.25) is 0 Å². The third-order valence-corrected chi connectivity index (χ3v) is 10.3. The SMILES string of the molecule is [2H]c1c([2H])c(N(c2ccc(-c3cccc(-c4ccc5ccccc5c4)c3)cc2)c2cccc3oc4c5ccccc5ccc4c23)c([2H])c([2H])c1-c1c([2H])c([2H])c2c([2H])c([2H])c([2H])c([2H])c2c1[2H]. The normalized spacial score (nSPS) is 14.3. The molecule has 0 aliphatic rings. The first-order valence-electron chi connectivity index (χ1n) is 23.8. The van der Waals surface area contributed by atoms with E-state index in [2.05, 4.69) is 42.5 Å². The zero-order chi connectivity index (χ0) is 46.6. The predicted molar refractivity (Wildman–Crippen MR) is 237 cm³/mol. The molecule has 0 aliphatic heterocycles. The first kappa shape index (κ1) is 22.7. The fourth-order valence-corrected chi connectivity index (χ4v) is 7.61. The molecular formula is C54H35NO. The average Bonchev–Trinajstić information content (AvgIpc) is 3.75. The van der Waals surface area contributed by atoms with Crippen LogP contribution < -0.4 is 4.90 Å². The van der Waals surface area contributed by atoms with Crippen LogP contribution >= 0.6 is 0 Å². The predicted octanol–water partition coefficient (Wildman–Crippen LogP) is 15.5. The highest BCUT2D eigenvalue weighted by Gasteiger charge is 2.20. The summed E-state index contributed by atoms with van der Waals surface area (Å²) < 4.78 is 106. The van der Waals surface area contributed by atoms with Gasteiger partial charge in [0.15, 0.2) is 0 Å². The van der Waals surface area contributed by atoms with E-state index in [4.69, 9.17) is 12.6 Å². The Morgan fingerprint density at radius 2 is 1.07 bits per heavy atom.